The van der Waals surface area contributed by atoms with Crippen molar-refractivity contribution in [1.29, 1.82) is 0 Å². The summed E-state index contributed by atoms with van der Waals surface area (Å²) in [6.45, 7) is 6.57. The first-order valence-electron chi connectivity index (χ1n) is 7.28. The molecule has 0 saturated heterocycles. The van der Waals surface area contributed by atoms with E-state index in [1.165, 1.54) is 25.7 Å². The SMILES string of the molecule is CCCCCCC(CCC)C(=O)CCCC. The largest absolute Gasteiger partial charge is 0.299 e. The molecule has 0 N–H and O–H groups in total. The highest BCUT2D eigenvalue weighted by molar-refractivity contribution is 5.80. The van der Waals surface area contributed by atoms with Gasteiger partial charge in [0.05, 0.1) is 0 Å². The predicted octanol–water partition coefficient (Wildman–Crippen LogP) is 5.13. The van der Waals surface area contributed by atoms with Crippen LogP contribution >= 0.6 is 0 Å². The van der Waals surface area contributed by atoms with Crippen molar-refractivity contribution in [2.24, 2.45) is 5.92 Å². The van der Waals surface area contributed by atoms with E-state index in [0.29, 0.717) is 11.7 Å². The second-order valence-electron chi connectivity index (χ2n) is 4.90. The van der Waals surface area contributed by atoms with Gasteiger partial charge in [-0.3, -0.25) is 4.79 Å². The molecule has 0 rings (SSSR count). The van der Waals surface area contributed by atoms with E-state index in [0.717, 1.165) is 38.5 Å². The molecule has 0 aromatic rings. The van der Waals surface area contributed by atoms with E-state index in [2.05, 4.69) is 20.8 Å². The average molecular weight is 226 g/mol. The Labute approximate surface area is 102 Å². The van der Waals surface area contributed by atoms with E-state index in [1.54, 1.807) is 0 Å². The minimum atomic E-state index is 0.369. The summed E-state index contributed by atoms with van der Waals surface area (Å²) < 4.78 is 0. The first-order valence-corrected chi connectivity index (χ1v) is 7.28. The lowest BCUT2D eigenvalue weighted by Crippen LogP contribution is -2.14. The minimum Gasteiger partial charge on any atom is -0.299 e. The fraction of sp³-hybridized carbons (Fsp3) is 0.933. The third-order valence-electron chi connectivity index (χ3n) is 3.28. The van der Waals surface area contributed by atoms with Gasteiger partial charge >= 0.3 is 0 Å². The van der Waals surface area contributed by atoms with Crippen LogP contribution in [0.2, 0.25) is 0 Å². The number of carbonyl (C=O) groups excluding carboxylic acids is 1. The third-order valence-corrected chi connectivity index (χ3v) is 3.28. The molecular weight excluding hydrogens is 196 g/mol. The van der Waals surface area contributed by atoms with Crippen molar-refractivity contribution in [2.45, 2.75) is 85.0 Å². The highest BCUT2D eigenvalue weighted by Gasteiger charge is 2.15. The molecule has 0 fully saturated rings. The van der Waals surface area contributed by atoms with Gasteiger partial charge in [0.2, 0.25) is 0 Å². The monoisotopic (exact) mass is 226 g/mol. The van der Waals surface area contributed by atoms with E-state index < -0.39 is 0 Å². The molecule has 1 nitrogen and oxygen atoms in total. The van der Waals surface area contributed by atoms with E-state index >= 15 is 0 Å². The molecule has 1 heteroatoms. The quantitative estimate of drug-likeness (QED) is 0.446. The highest BCUT2D eigenvalue weighted by Crippen LogP contribution is 2.19. The maximum absolute atomic E-state index is 12.0. The molecule has 96 valence electrons. The van der Waals surface area contributed by atoms with Crippen molar-refractivity contribution < 1.29 is 4.79 Å². The molecule has 0 radical (unpaired) electrons. The lowest BCUT2D eigenvalue weighted by Gasteiger charge is -2.14. The fourth-order valence-electron chi connectivity index (χ4n) is 2.19. The highest BCUT2D eigenvalue weighted by atomic mass is 16.1. The predicted molar refractivity (Wildman–Crippen MR) is 71.7 cm³/mol. The molecule has 0 spiro atoms. The lowest BCUT2D eigenvalue weighted by molar-refractivity contribution is -0.123. The zero-order chi connectivity index (χ0) is 12.2. The van der Waals surface area contributed by atoms with Crippen LogP contribution in [0.1, 0.15) is 85.0 Å². The molecule has 0 amide bonds. The second kappa shape index (κ2) is 11.2. The maximum atomic E-state index is 12.0. The summed E-state index contributed by atoms with van der Waals surface area (Å²) in [5, 5.41) is 0. The first-order chi connectivity index (χ1) is 7.76. The van der Waals surface area contributed by atoms with Crippen LogP contribution in [-0.2, 0) is 4.79 Å². The smallest absolute Gasteiger partial charge is 0.135 e. The van der Waals surface area contributed by atoms with Crippen LogP contribution in [0.25, 0.3) is 0 Å². The fourth-order valence-corrected chi connectivity index (χ4v) is 2.19. The van der Waals surface area contributed by atoms with Crippen LogP contribution in [0.4, 0.5) is 0 Å². The van der Waals surface area contributed by atoms with Crippen LogP contribution in [-0.4, -0.2) is 5.78 Å². The number of unbranched alkanes of at least 4 members (excludes halogenated alkanes) is 4. The van der Waals surface area contributed by atoms with Gasteiger partial charge in [-0.25, -0.2) is 0 Å². The number of rotatable bonds is 11. The molecule has 0 aromatic heterocycles. The van der Waals surface area contributed by atoms with Crippen LogP contribution in [0.5, 0.6) is 0 Å². The molecular formula is C15H30O. The molecule has 0 saturated carbocycles. The first kappa shape index (κ1) is 15.7. The Balaban J connectivity index is 3.80. The van der Waals surface area contributed by atoms with Crippen molar-refractivity contribution in [1.82, 2.24) is 0 Å². The summed E-state index contributed by atoms with van der Waals surface area (Å²) in [4.78, 5) is 12.0. The van der Waals surface area contributed by atoms with E-state index in [1.807, 2.05) is 0 Å². The van der Waals surface area contributed by atoms with Crippen molar-refractivity contribution in [3.63, 3.8) is 0 Å². The van der Waals surface area contributed by atoms with Gasteiger partial charge in [-0.15, -0.1) is 0 Å². The van der Waals surface area contributed by atoms with Gasteiger partial charge in [-0.1, -0.05) is 59.3 Å². The van der Waals surface area contributed by atoms with Crippen LogP contribution in [0, 0.1) is 5.92 Å². The van der Waals surface area contributed by atoms with Gasteiger partial charge in [0.1, 0.15) is 5.78 Å². The van der Waals surface area contributed by atoms with E-state index in [9.17, 15) is 4.79 Å². The van der Waals surface area contributed by atoms with Gasteiger partial charge in [0, 0.05) is 12.3 Å². The van der Waals surface area contributed by atoms with Crippen molar-refractivity contribution in [3.8, 4) is 0 Å². The van der Waals surface area contributed by atoms with Gasteiger partial charge in [0.25, 0.3) is 0 Å². The average Bonchev–Trinajstić information content (AvgIpc) is 2.30. The lowest BCUT2D eigenvalue weighted by atomic mass is 9.90. The van der Waals surface area contributed by atoms with Gasteiger partial charge in [-0.05, 0) is 19.3 Å². The summed E-state index contributed by atoms with van der Waals surface area (Å²) in [7, 11) is 0. The standard InChI is InChI=1S/C15H30O/c1-4-7-9-10-12-14(11-6-3)15(16)13-8-5-2/h14H,4-13H2,1-3H3. The molecule has 16 heavy (non-hydrogen) atoms. The molecule has 0 bridgehead atoms. The normalized spacial score (nSPS) is 12.7. The Kier molecular flexibility index (Phi) is 10.9. The number of hydrogen-bond donors (Lipinski definition) is 0. The summed E-state index contributed by atoms with van der Waals surface area (Å²) in [5.41, 5.74) is 0. The Morgan fingerprint density at radius 3 is 2.06 bits per heavy atom. The van der Waals surface area contributed by atoms with Gasteiger partial charge in [-0.2, -0.15) is 0 Å². The number of ketones is 1. The summed E-state index contributed by atoms with van der Waals surface area (Å²) in [6, 6.07) is 0. The number of carbonyl (C=O) groups is 1. The summed E-state index contributed by atoms with van der Waals surface area (Å²) in [5.74, 6) is 0.897. The van der Waals surface area contributed by atoms with E-state index in [4.69, 9.17) is 0 Å². The second-order valence-corrected chi connectivity index (χ2v) is 4.90. The molecule has 0 aliphatic heterocycles. The van der Waals surface area contributed by atoms with Crippen molar-refractivity contribution in [3.05, 3.63) is 0 Å². The zero-order valence-electron chi connectivity index (χ0n) is 11.6. The van der Waals surface area contributed by atoms with E-state index in [-0.39, 0.29) is 0 Å². The van der Waals surface area contributed by atoms with Gasteiger partial charge < -0.3 is 0 Å². The third kappa shape index (κ3) is 7.90. The molecule has 0 aromatic carbocycles. The molecule has 1 atom stereocenters. The topological polar surface area (TPSA) is 17.1 Å². The van der Waals surface area contributed by atoms with Crippen molar-refractivity contribution in [2.75, 3.05) is 0 Å². The molecule has 0 heterocycles. The zero-order valence-corrected chi connectivity index (χ0v) is 11.6. The molecule has 1 unspecified atom stereocenters. The number of hydrogen-bond acceptors (Lipinski definition) is 1. The molecule has 0 aliphatic carbocycles. The molecule has 0 aliphatic rings. The summed E-state index contributed by atoms with van der Waals surface area (Å²) >= 11 is 0. The maximum Gasteiger partial charge on any atom is 0.135 e. The van der Waals surface area contributed by atoms with Crippen LogP contribution in [0.3, 0.4) is 0 Å². The Morgan fingerprint density at radius 2 is 1.50 bits per heavy atom. The number of Topliss-reactive ketones (excluding diaryl/α,β-unsaturated/α-hetero) is 1. The van der Waals surface area contributed by atoms with Crippen LogP contribution < -0.4 is 0 Å². The Hall–Kier alpha value is -0.330. The minimum absolute atomic E-state index is 0.369. The van der Waals surface area contributed by atoms with Gasteiger partial charge in [0.15, 0.2) is 0 Å². The Bertz CT molecular complexity index is 163. The summed E-state index contributed by atoms with van der Waals surface area (Å²) in [6.07, 6.45) is 11.6. The van der Waals surface area contributed by atoms with Crippen molar-refractivity contribution >= 4 is 5.78 Å². The Morgan fingerprint density at radius 1 is 0.812 bits per heavy atom. The van der Waals surface area contributed by atoms with Crippen LogP contribution in [0.15, 0.2) is 0 Å².